The van der Waals surface area contributed by atoms with Crippen LogP contribution in [0.3, 0.4) is 0 Å². The summed E-state index contributed by atoms with van der Waals surface area (Å²) in [6, 6.07) is 22.6. The molecule has 0 saturated heterocycles. The van der Waals surface area contributed by atoms with Crippen molar-refractivity contribution < 1.29 is 9.53 Å². The predicted octanol–water partition coefficient (Wildman–Crippen LogP) is 4.47. The third-order valence-corrected chi connectivity index (χ3v) is 6.59. The molecule has 0 fully saturated rings. The number of benzene rings is 3. The SMILES string of the molecule is CCOc1ccc(-n2c(SCC(=O)N3CCc4ccccc43)nc3ccccc3c2=O)cc1. The van der Waals surface area contributed by atoms with Gasteiger partial charge < -0.3 is 9.64 Å². The number of ether oxygens (including phenoxy) is 1. The zero-order valence-electron chi connectivity index (χ0n) is 18.2. The molecule has 0 atom stereocenters. The average Bonchev–Trinajstić information content (AvgIpc) is 3.28. The van der Waals surface area contributed by atoms with Crippen LogP contribution < -0.4 is 15.2 Å². The predicted molar refractivity (Wildman–Crippen MR) is 132 cm³/mol. The van der Waals surface area contributed by atoms with Gasteiger partial charge >= 0.3 is 0 Å². The number of hydrogen-bond acceptors (Lipinski definition) is 5. The Morgan fingerprint density at radius 3 is 2.61 bits per heavy atom. The molecule has 7 heteroatoms. The molecule has 3 aromatic carbocycles. The molecule has 0 N–H and O–H groups in total. The maximum absolute atomic E-state index is 13.4. The first-order valence-corrected chi connectivity index (χ1v) is 11.9. The van der Waals surface area contributed by atoms with Gasteiger partial charge in [-0.1, -0.05) is 42.1 Å². The zero-order valence-corrected chi connectivity index (χ0v) is 19.0. The summed E-state index contributed by atoms with van der Waals surface area (Å²) in [5, 5.41) is 1.03. The summed E-state index contributed by atoms with van der Waals surface area (Å²) in [7, 11) is 0. The minimum Gasteiger partial charge on any atom is -0.494 e. The van der Waals surface area contributed by atoms with Gasteiger partial charge in [0.05, 0.1) is 29.0 Å². The lowest BCUT2D eigenvalue weighted by Gasteiger charge is -2.18. The number of thioether (sulfide) groups is 1. The number of para-hydroxylation sites is 2. The number of carbonyl (C=O) groups is 1. The van der Waals surface area contributed by atoms with E-state index >= 15 is 0 Å². The molecule has 1 aliphatic heterocycles. The van der Waals surface area contributed by atoms with Crippen LogP contribution in [0.15, 0.2) is 82.7 Å². The molecule has 33 heavy (non-hydrogen) atoms. The van der Waals surface area contributed by atoms with Gasteiger partial charge in [-0.05, 0) is 61.4 Å². The molecule has 0 bridgehead atoms. The molecule has 0 aliphatic carbocycles. The summed E-state index contributed by atoms with van der Waals surface area (Å²) < 4.78 is 7.11. The van der Waals surface area contributed by atoms with E-state index in [-0.39, 0.29) is 17.2 Å². The Labute approximate surface area is 195 Å². The molecule has 5 rings (SSSR count). The smallest absolute Gasteiger partial charge is 0.266 e. The van der Waals surface area contributed by atoms with Crippen molar-refractivity contribution in [3.63, 3.8) is 0 Å². The average molecular weight is 458 g/mol. The van der Waals surface area contributed by atoms with E-state index in [2.05, 4.69) is 6.07 Å². The summed E-state index contributed by atoms with van der Waals surface area (Å²) in [5.41, 5.74) is 3.30. The van der Waals surface area contributed by atoms with Gasteiger partial charge in [0.2, 0.25) is 5.91 Å². The van der Waals surface area contributed by atoms with E-state index < -0.39 is 0 Å². The summed E-state index contributed by atoms with van der Waals surface area (Å²) in [5.74, 6) is 0.932. The lowest BCUT2D eigenvalue weighted by Crippen LogP contribution is -2.31. The first kappa shape index (κ1) is 21.3. The molecule has 0 spiro atoms. The second kappa shape index (κ2) is 9.11. The number of fused-ring (bicyclic) bond motifs is 2. The van der Waals surface area contributed by atoms with Crippen molar-refractivity contribution in [3.8, 4) is 11.4 Å². The highest BCUT2D eigenvalue weighted by atomic mass is 32.2. The Morgan fingerprint density at radius 2 is 1.79 bits per heavy atom. The van der Waals surface area contributed by atoms with Gasteiger partial charge in [0.15, 0.2) is 5.16 Å². The fraction of sp³-hybridized carbons (Fsp3) is 0.192. The van der Waals surface area contributed by atoms with Crippen LogP contribution in [0.5, 0.6) is 5.75 Å². The van der Waals surface area contributed by atoms with Crippen LogP contribution in [-0.4, -0.2) is 34.4 Å². The van der Waals surface area contributed by atoms with Crippen molar-refractivity contribution in [1.82, 2.24) is 9.55 Å². The van der Waals surface area contributed by atoms with Crippen LogP contribution in [0.2, 0.25) is 0 Å². The lowest BCUT2D eigenvalue weighted by molar-refractivity contribution is -0.116. The van der Waals surface area contributed by atoms with Crippen LogP contribution >= 0.6 is 11.8 Å². The van der Waals surface area contributed by atoms with E-state index in [0.29, 0.717) is 34.9 Å². The van der Waals surface area contributed by atoms with Gasteiger partial charge in [-0.3, -0.25) is 14.2 Å². The molecule has 4 aromatic rings. The van der Waals surface area contributed by atoms with Crippen molar-refractivity contribution in [2.24, 2.45) is 0 Å². The quantitative estimate of drug-likeness (QED) is 0.316. The third-order valence-electron chi connectivity index (χ3n) is 5.66. The Bertz CT molecular complexity index is 1380. The standard InChI is InChI=1S/C26H23N3O3S/c1-2-32-20-13-11-19(12-14-20)29-25(31)21-8-4-5-9-22(21)27-26(29)33-17-24(30)28-16-15-18-7-3-6-10-23(18)28/h3-14H,2,15-17H2,1H3. The normalized spacial score (nSPS) is 12.7. The summed E-state index contributed by atoms with van der Waals surface area (Å²) in [6.07, 6.45) is 0.859. The summed E-state index contributed by atoms with van der Waals surface area (Å²) >= 11 is 1.28. The highest BCUT2D eigenvalue weighted by Crippen LogP contribution is 2.29. The van der Waals surface area contributed by atoms with Crippen molar-refractivity contribution >= 4 is 34.3 Å². The van der Waals surface area contributed by atoms with Crippen LogP contribution in [0.25, 0.3) is 16.6 Å². The van der Waals surface area contributed by atoms with Crippen LogP contribution in [0.4, 0.5) is 5.69 Å². The molecule has 2 heterocycles. The Kier molecular flexibility index (Phi) is 5.88. The number of hydrogen-bond donors (Lipinski definition) is 0. The number of amides is 1. The van der Waals surface area contributed by atoms with E-state index in [9.17, 15) is 9.59 Å². The number of nitrogens with zero attached hydrogens (tertiary/aromatic N) is 3. The van der Waals surface area contributed by atoms with Crippen molar-refractivity contribution in [3.05, 3.63) is 88.7 Å². The molecular formula is C26H23N3O3S. The first-order chi connectivity index (χ1) is 16.2. The van der Waals surface area contributed by atoms with Gasteiger partial charge in [-0.2, -0.15) is 0 Å². The monoisotopic (exact) mass is 457 g/mol. The van der Waals surface area contributed by atoms with E-state index in [1.807, 2.05) is 72.5 Å². The Balaban J connectivity index is 1.49. The second-order valence-corrected chi connectivity index (χ2v) is 8.63. The molecule has 1 amide bonds. The lowest BCUT2D eigenvalue weighted by atomic mass is 10.2. The molecule has 0 unspecified atom stereocenters. The van der Waals surface area contributed by atoms with E-state index in [0.717, 1.165) is 17.9 Å². The van der Waals surface area contributed by atoms with Crippen LogP contribution in [0.1, 0.15) is 12.5 Å². The number of aromatic nitrogens is 2. The third kappa shape index (κ3) is 4.12. The molecule has 0 radical (unpaired) electrons. The second-order valence-electron chi connectivity index (χ2n) is 7.69. The molecule has 6 nitrogen and oxygen atoms in total. The number of rotatable bonds is 6. The van der Waals surface area contributed by atoms with E-state index in [1.165, 1.54) is 17.3 Å². The van der Waals surface area contributed by atoms with Gasteiger partial charge in [0.1, 0.15) is 5.75 Å². The Hall–Kier alpha value is -3.58. The van der Waals surface area contributed by atoms with Gasteiger partial charge in [0, 0.05) is 12.2 Å². The highest BCUT2D eigenvalue weighted by molar-refractivity contribution is 7.99. The molecule has 166 valence electrons. The van der Waals surface area contributed by atoms with Crippen molar-refractivity contribution in [2.45, 2.75) is 18.5 Å². The molecule has 1 aromatic heterocycles. The van der Waals surface area contributed by atoms with Gasteiger partial charge in [-0.15, -0.1) is 0 Å². The fourth-order valence-electron chi connectivity index (χ4n) is 4.10. The summed E-state index contributed by atoms with van der Waals surface area (Å²) in [4.78, 5) is 33.0. The topological polar surface area (TPSA) is 64.4 Å². The molecule has 1 aliphatic rings. The summed E-state index contributed by atoms with van der Waals surface area (Å²) in [6.45, 7) is 3.17. The number of anilines is 1. The van der Waals surface area contributed by atoms with E-state index in [4.69, 9.17) is 9.72 Å². The van der Waals surface area contributed by atoms with Crippen LogP contribution in [0, 0.1) is 0 Å². The number of carbonyl (C=O) groups excluding carboxylic acids is 1. The zero-order chi connectivity index (χ0) is 22.8. The van der Waals surface area contributed by atoms with Gasteiger partial charge in [-0.25, -0.2) is 4.98 Å². The minimum absolute atomic E-state index is 0.00519. The van der Waals surface area contributed by atoms with Crippen LogP contribution in [-0.2, 0) is 11.2 Å². The van der Waals surface area contributed by atoms with Gasteiger partial charge in [0.25, 0.3) is 5.56 Å². The molecular weight excluding hydrogens is 434 g/mol. The van der Waals surface area contributed by atoms with Crippen molar-refractivity contribution in [1.29, 1.82) is 0 Å². The largest absolute Gasteiger partial charge is 0.494 e. The maximum atomic E-state index is 13.4. The first-order valence-electron chi connectivity index (χ1n) is 10.9. The minimum atomic E-state index is -0.161. The molecule has 0 saturated carbocycles. The maximum Gasteiger partial charge on any atom is 0.266 e. The highest BCUT2D eigenvalue weighted by Gasteiger charge is 2.25. The van der Waals surface area contributed by atoms with Crippen molar-refractivity contribution in [2.75, 3.05) is 23.8 Å². The Morgan fingerprint density at radius 1 is 1.03 bits per heavy atom. The van der Waals surface area contributed by atoms with E-state index in [1.54, 1.807) is 10.6 Å². The fourth-order valence-corrected chi connectivity index (χ4v) is 4.99.